The van der Waals surface area contributed by atoms with Gasteiger partial charge in [0.1, 0.15) is 5.82 Å². The van der Waals surface area contributed by atoms with E-state index in [0.29, 0.717) is 10.9 Å². The quantitative estimate of drug-likeness (QED) is 0.647. The van der Waals surface area contributed by atoms with Gasteiger partial charge >= 0.3 is 0 Å². The lowest BCUT2D eigenvalue weighted by Gasteiger charge is -2.01. The smallest absolute Gasteiger partial charge is 0.255 e. The van der Waals surface area contributed by atoms with Gasteiger partial charge in [0, 0.05) is 5.75 Å². The molecule has 0 atom stereocenters. The summed E-state index contributed by atoms with van der Waals surface area (Å²) >= 11 is 1.26. The summed E-state index contributed by atoms with van der Waals surface area (Å²) in [6, 6.07) is 7.05. The highest BCUT2D eigenvalue weighted by Gasteiger charge is 2.01. The molecule has 0 saturated carbocycles. The van der Waals surface area contributed by atoms with Crippen molar-refractivity contribution in [3.8, 4) is 5.88 Å². The largest absolute Gasteiger partial charge is 0.493 e. The van der Waals surface area contributed by atoms with Crippen LogP contribution in [0.15, 0.2) is 40.3 Å². The van der Waals surface area contributed by atoms with Gasteiger partial charge in [0.25, 0.3) is 5.56 Å². The normalized spacial score (nSPS) is 10.4. The number of rotatable bonds is 3. The van der Waals surface area contributed by atoms with Gasteiger partial charge in [0.15, 0.2) is 5.16 Å². The molecule has 4 nitrogen and oxygen atoms in total. The van der Waals surface area contributed by atoms with E-state index in [1.807, 2.05) is 0 Å². The van der Waals surface area contributed by atoms with Gasteiger partial charge in [-0.15, -0.1) is 0 Å². The van der Waals surface area contributed by atoms with Gasteiger partial charge in [0.05, 0.1) is 6.07 Å². The fourth-order valence-electron chi connectivity index (χ4n) is 1.22. The van der Waals surface area contributed by atoms with E-state index in [1.165, 1.54) is 23.9 Å². The molecule has 2 aromatic rings. The molecule has 0 unspecified atom stereocenters. The molecule has 17 heavy (non-hydrogen) atoms. The standard InChI is InChI=1S/C11H9FN2O2S/c12-8-3-1-7(2-4-8)6-17-11-13-9(15)5-10(16)14-11/h1-5H,6H2,(H2,13,14,15,16). The molecule has 1 aromatic carbocycles. The Bertz CT molecular complexity index is 568. The van der Waals surface area contributed by atoms with Crippen molar-refractivity contribution in [2.45, 2.75) is 10.9 Å². The van der Waals surface area contributed by atoms with Gasteiger partial charge in [-0.25, -0.2) is 4.39 Å². The Kier molecular flexibility index (Phi) is 3.43. The van der Waals surface area contributed by atoms with E-state index in [-0.39, 0.29) is 11.7 Å². The zero-order valence-corrected chi connectivity index (χ0v) is 9.50. The number of thioether (sulfide) groups is 1. The average Bonchev–Trinajstić information content (AvgIpc) is 2.27. The lowest BCUT2D eigenvalue weighted by Crippen LogP contribution is -2.06. The molecule has 1 aromatic heterocycles. The molecule has 0 saturated heterocycles. The van der Waals surface area contributed by atoms with Crippen LogP contribution < -0.4 is 5.56 Å². The predicted molar refractivity (Wildman–Crippen MR) is 62.5 cm³/mol. The summed E-state index contributed by atoms with van der Waals surface area (Å²) < 4.78 is 12.7. The minimum atomic E-state index is -0.404. The fourth-order valence-corrected chi connectivity index (χ4v) is 2.05. The Morgan fingerprint density at radius 1 is 1.35 bits per heavy atom. The van der Waals surface area contributed by atoms with Crippen molar-refractivity contribution in [3.63, 3.8) is 0 Å². The lowest BCUT2D eigenvalue weighted by atomic mass is 10.2. The molecule has 0 amide bonds. The molecule has 0 fully saturated rings. The van der Waals surface area contributed by atoms with Crippen LogP contribution in [0.2, 0.25) is 0 Å². The SMILES string of the molecule is O=c1cc(O)nc(SCc2ccc(F)cc2)[nH]1. The van der Waals surface area contributed by atoms with E-state index >= 15 is 0 Å². The Morgan fingerprint density at radius 2 is 2.06 bits per heavy atom. The molecule has 0 radical (unpaired) electrons. The van der Waals surface area contributed by atoms with E-state index in [9.17, 15) is 9.18 Å². The number of aromatic nitrogens is 2. The van der Waals surface area contributed by atoms with Crippen LogP contribution in [0.5, 0.6) is 5.88 Å². The number of nitrogens with one attached hydrogen (secondary N) is 1. The minimum Gasteiger partial charge on any atom is -0.493 e. The molecule has 0 aliphatic heterocycles. The summed E-state index contributed by atoms with van der Waals surface area (Å²) in [5.74, 6) is -0.0647. The zero-order valence-electron chi connectivity index (χ0n) is 8.68. The van der Waals surface area contributed by atoms with Gasteiger partial charge in [-0.1, -0.05) is 23.9 Å². The second kappa shape index (κ2) is 5.01. The molecule has 6 heteroatoms. The first-order chi connectivity index (χ1) is 8.13. The van der Waals surface area contributed by atoms with Gasteiger partial charge in [0.2, 0.25) is 5.88 Å². The molecular weight excluding hydrogens is 243 g/mol. The molecule has 1 heterocycles. The molecule has 0 aliphatic rings. The number of benzene rings is 1. The van der Waals surface area contributed by atoms with Crippen molar-refractivity contribution < 1.29 is 9.50 Å². The van der Waals surface area contributed by atoms with E-state index in [4.69, 9.17) is 5.11 Å². The molecule has 2 rings (SSSR count). The van der Waals surface area contributed by atoms with Crippen LogP contribution in [-0.2, 0) is 5.75 Å². The van der Waals surface area contributed by atoms with Crippen LogP contribution in [0.3, 0.4) is 0 Å². The highest BCUT2D eigenvalue weighted by molar-refractivity contribution is 7.98. The molecular formula is C11H9FN2O2S. The number of aromatic amines is 1. The number of hydrogen-bond donors (Lipinski definition) is 2. The average molecular weight is 252 g/mol. The van der Waals surface area contributed by atoms with E-state index < -0.39 is 5.56 Å². The van der Waals surface area contributed by atoms with Gasteiger partial charge in [-0.2, -0.15) is 4.98 Å². The Morgan fingerprint density at radius 3 is 2.71 bits per heavy atom. The van der Waals surface area contributed by atoms with E-state index in [2.05, 4.69) is 9.97 Å². The van der Waals surface area contributed by atoms with Crippen LogP contribution >= 0.6 is 11.8 Å². The number of H-pyrrole nitrogens is 1. The third-order valence-corrected chi connectivity index (χ3v) is 2.94. The second-order valence-electron chi connectivity index (χ2n) is 3.32. The Balaban J connectivity index is 2.07. The lowest BCUT2D eigenvalue weighted by molar-refractivity contribution is 0.444. The predicted octanol–water partition coefficient (Wildman–Crippen LogP) is 1.91. The van der Waals surface area contributed by atoms with Crippen LogP contribution in [0.4, 0.5) is 4.39 Å². The van der Waals surface area contributed by atoms with Crippen LogP contribution in [0.1, 0.15) is 5.56 Å². The summed E-state index contributed by atoms with van der Waals surface area (Å²) in [5, 5.41) is 9.47. The third kappa shape index (κ3) is 3.32. The highest BCUT2D eigenvalue weighted by Crippen LogP contribution is 2.19. The summed E-state index contributed by atoms with van der Waals surface area (Å²) in [4.78, 5) is 17.3. The van der Waals surface area contributed by atoms with Crippen molar-refractivity contribution in [3.05, 3.63) is 52.1 Å². The van der Waals surface area contributed by atoms with E-state index in [0.717, 1.165) is 11.6 Å². The van der Waals surface area contributed by atoms with Crippen molar-refractivity contribution in [2.75, 3.05) is 0 Å². The van der Waals surface area contributed by atoms with Gasteiger partial charge in [-0.3, -0.25) is 4.79 Å². The van der Waals surface area contributed by atoms with Gasteiger partial charge in [-0.05, 0) is 17.7 Å². The van der Waals surface area contributed by atoms with Crippen molar-refractivity contribution >= 4 is 11.8 Å². The maximum Gasteiger partial charge on any atom is 0.255 e. The molecule has 88 valence electrons. The van der Waals surface area contributed by atoms with Crippen molar-refractivity contribution in [1.82, 2.24) is 9.97 Å². The highest BCUT2D eigenvalue weighted by atomic mass is 32.2. The molecule has 0 aliphatic carbocycles. The van der Waals surface area contributed by atoms with Gasteiger partial charge < -0.3 is 10.1 Å². The molecule has 0 bridgehead atoms. The molecule has 0 spiro atoms. The zero-order chi connectivity index (χ0) is 12.3. The first-order valence-electron chi connectivity index (χ1n) is 4.81. The number of hydrogen-bond acceptors (Lipinski definition) is 4. The Hall–Kier alpha value is -1.82. The maximum absolute atomic E-state index is 12.7. The third-order valence-electron chi connectivity index (χ3n) is 2.00. The summed E-state index contributed by atoms with van der Waals surface area (Å²) in [5.41, 5.74) is 0.501. The first-order valence-corrected chi connectivity index (χ1v) is 5.79. The number of nitrogens with zero attached hydrogens (tertiary/aromatic N) is 1. The van der Waals surface area contributed by atoms with Crippen molar-refractivity contribution in [2.24, 2.45) is 0 Å². The summed E-state index contributed by atoms with van der Waals surface area (Å²) in [6.45, 7) is 0. The topological polar surface area (TPSA) is 66.0 Å². The monoisotopic (exact) mass is 252 g/mol. The molecule has 2 N–H and O–H groups in total. The number of aromatic hydroxyl groups is 1. The van der Waals surface area contributed by atoms with Crippen LogP contribution in [-0.4, -0.2) is 15.1 Å². The van der Waals surface area contributed by atoms with E-state index in [1.54, 1.807) is 12.1 Å². The second-order valence-corrected chi connectivity index (χ2v) is 4.29. The maximum atomic E-state index is 12.7. The van der Waals surface area contributed by atoms with Crippen LogP contribution in [0, 0.1) is 5.82 Å². The van der Waals surface area contributed by atoms with Crippen molar-refractivity contribution in [1.29, 1.82) is 0 Å². The summed E-state index contributed by atoms with van der Waals surface area (Å²) in [6.07, 6.45) is 0. The summed E-state index contributed by atoms with van der Waals surface area (Å²) in [7, 11) is 0. The first kappa shape index (κ1) is 11.7. The number of halogens is 1. The minimum absolute atomic E-state index is 0.289. The Labute approximate surface area is 101 Å². The fraction of sp³-hybridized carbons (Fsp3) is 0.0909. The van der Waals surface area contributed by atoms with Crippen LogP contribution in [0.25, 0.3) is 0 Å².